The van der Waals surface area contributed by atoms with Crippen molar-refractivity contribution < 1.29 is 4.79 Å². The first kappa shape index (κ1) is 15.4. The monoisotopic (exact) mass is 270 g/mol. The number of hydrogen-bond donors (Lipinski definition) is 2. The van der Waals surface area contributed by atoms with Crippen LogP contribution < -0.4 is 11.1 Å². The first-order chi connectivity index (χ1) is 8.47. The van der Waals surface area contributed by atoms with E-state index < -0.39 is 5.41 Å². The van der Waals surface area contributed by atoms with E-state index in [1.807, 2.05) is 13.8 Å². The van der Waals surface area contributed by atoms with Gasteiger partial charge in [-0.1, -0.05) is 38.9 Å². The Labute approximate surface area is 116 Å². The molecule has 0 bridgehead atoms. The standard InChI is InChI=1S/C14H26N2OS/c1-4-14(5-2,12(15)18)13(17)16-10(3)11-8-6-7-9-11/h10-11H,4-9H2,1-3H3,(H2,15,18)(H,16,17). The molecule has 0 aromatic rings. The van der Waals surface area contributed by atoms with Gasteiger partial charge in [0, 0.05) is 6.04 Å². The third kappa shape index (κ3) is 3.02. The van der Waals surface area contributed by atoms with Crippen LogP contribution in [0.15, 0.2) is 0 Å². The van der Waals surface area contributed by atoms with Crippen molar-refractivity contribution in [3.8, 4) is 0 Å². The van der Waals surface area contributed by atoms with Crippen LogP contribution in [0.1, 0.15) is 59.3 Å². The molecule has 0 aromatic heterocycles. The van der Waals surface area contributed by atoms with Crippen LogP contribution in [0.3, 0.4) is 0 Å². The molecule has 0 heterocycles. The van der Waals surface area contributed by atoms with Gasteiger partial charge in [-0.05, 0) is 38.5 Å². The van der Waals surface area contributed by atoms with Gasteiger partial charge in [0.15, 0.2) is 0 Å². The van der Waals surface area contributed by atoms with E-state index in [1.165, 1.54) is 25.7 Å². The fraction of sp³-hybridized carbons (Fsp3) is 0.857. The van der Waals surface area contributed by atoms with Crippen molar-refractivity contribution in [1.29, 1.82) is 0 Å². The molecule has 0 aromatic carbocycles. The Morgan fingerprint density at radius 2 is 1.89 bits per heavy atom. The zero-order chi connectivity index (χ0) is 13.8. The minimum atomic E-state index is -0.664. The van der Waals surface area contributed by atoms with Crippen LogP contribution in [0.5, 0.6) is 0 Å². The van der Waals surface area contributed by atoms with Crippen LogP contribution in [-0.4, -0.2) is 16.9 Å². The maximum atomic E-state index is 12.5. The van der Waals surface area contributed by atoms with E-state index in [-0.39, 0.29) is 11.9 Å². The van der Waals surface area contributed by atoms with E-state index in [4.69, 9.17) is 18.0 Å². The largest absolute Gasteiger partial charge is 0.392 e. The minimum Gasteiger partial charge on any atom is -0.392 e. The Kier molecular flexibility index (Phi) is 5.57. The molecule has 0 aliphatic heterocycles. The highest BCUT2D eigenvalue weighted by molar-refractivity contribution is 7.80. The molecule has 4 heteroatoms. The summed E-state index contributed by atoms with van der Waals surface area (Å²) in [6.45, 7) is 6.05. The SMILES string of the molecule is CCC(CC)(C(=O)NC(C)C1CCCC1)C(N)=S. The Bertz CT molecular complexity index is 307. The number of rotatable bonds is 6. The molecule has 104 valence electrons. The molecule has 1 fully saturated rings. The topological polar surface area (TPSA) is 55.1 Å². The van der Waals surface area contributed by atoms with E-state index >= 15 is 0 Å². The second-order valence-electron chi connectivity index (χ2n) is 5.46. The maximum Gasteiger partial charge on any atom is 0.233 e. The van der Waals surface area contributed by atoms with Gasteiger partial charge in [0.2, 0.25) is 5.91 Å². The van der Waals surface area contributed by atoms with E-state index in [0.29, 0.717) is 23.7 Å². The number of thiocarbonyl (C=S) groups is 1. The summed E-state index contributed by atoms with van der Waals surface area (Å²) < 4.78 is 0. The molecular weight excluding hydrogens is 244 g/mol. The van der Waals surface area contributed by atoms with Gasteiger partial charge in [0.25, 0.3) is 0 Å². The zero-order valence-electron chi connectivity index (χ0n) is 11.8. The highest BCUT2D eigenvalue weighted by Crippen LogP contribution is 2.30. The summed E-state index contributed by atoms with van der Waals surface area (Å²) in [5.74, 6) is 0.631. The summed E-state index contributed by atoms with van der Waals surface area (Å²) in [6.07, 6.45) is 6.35. The van der Waals surface area contributed by atoms with E-state index in [0.717, 1.165) is 0 Å². The molecule has 0 spiro atoms. The number of amides is 1. The predicted octanol–water partition coefficient (Wildman–Crippen LogP) is 2.77. The van der Waals surface area contributed by atoms with Gasteiger partial charge in [-0.25, -0.2) is 0 Å². The number of carbonyl (C=O) groups excluding carboxylic acids is 1. The Morgan fingerprint density at radius 1 is 1.39 bits per heavy atom. The summed E-state index contributed by atoms with van der Waals surface area (Å²) in [6, 6.07) is 0.229. The van der Waals surface area contributed by atoms with Gasteiger partial charge in [-0.2, -0.15) is 0 Å². The molecule has 1 rings (SSSR count). The average molecular weight is 270 g/mol. The fourth-order valence-electron chi connectivity index (χ4n) is 2.95. The lowest BCUT2D eigenvalue weighted by Crippen LogP contribution is -2.51. The molecule has 1 unspecified atom stereocenters. The van der Waals surface area contributed by atoms with Crippen LogP contribution in [-0.2, 0) is 4.79 Å². The van der Waals surface area contributed by atoms with Crippen LogP contribution in [0.4, 0.5) is 0 Å². The molecule has 1 aliphatic carbocycles. The molecular formula is C14H26N2OS. The highest BCUT2D eigenvalue weighted by Gasteiger charge is 2.39. The van der Waals surface area contributed by atoms with Crippen molar-refractivity contribution >= 4 is 23.1 Å². The molecule has 1 atom stereocenters. The van der Waals surface area contributed by atoms with Gasteiger partial charge >= 0.3 is 0 Å². The smallest absolute Gasteiger partial charge is 0.233 e. The second kappa shape index (κ2) is 6.50. The summed E-state index contributed by atoms with van der Waals surface area (Å²) in [7, 11) is 0. The van der Waals surface area contributed by atoms with E-state index in [1.54, 1.807) is 0 Å². The average Bonchev–Trinajstić information content (AvgIpc) is 2.84. The number of nitrogens with one attached hydrogen (secondary N) is 1. The summed E-state index contributed by atoms with van der Waals surface area (Å²) in [5.41, 5.74) is 5.13. The third-order valence-corrected chi connectivity index (χ3v) is 4.97. The molecule has 0 radical (unpaired) electrons. The third-order valence-electron chi connectivity index (χ3n) is 4.58. The van der Waals surface area contributed by atoms with Crippen molar-refractivity contribution in [3.63, 3.8) is 0 Å². The molecule has 1 saturated carbocycles. The fourth-order valence-corrected chi connectivity index (χ4v) is 3.33. The van der Waals surface area contributed by atoms with Gasteiger partial charge in [0.05, 0.1) is 10.4 Å². The van der Waals surface area contributed by atoms with Crippen molar-refractivity contribution in [3.05, 3.63) is 0 Å². The lowest BCUT2D eigenvalue weighted by atomic mass is 9.80. The highest BCUT2D eigenvalue weighted by atomic mass is 32.1. The Morgan fingerprint density at radius 3 is 2.28 bits per heavy atom. The molecule has 1 amide bonds. The predicted molar refractivity (Wildman–Crippen MR) is 79.4 cm³/mol. The zero-order valence-corrected chi connectivity index (χ0v) is 12.6. The normalized spacial score (nSPS) is 18.6. The van der Waals surface area contributed by atoms with Crippen LogP contribution in [0.25, 0.3) is 0 Å². The number of nitrogens with two attached hydrogens (primary N) is 1. The molecule has 3 nitrogen and oxygen atoms in total. The van der Waals surface area contributed by atoms with Crippen molar-refractivity contribution in [2.75, 3.05) is 0 Å². The number of carbonyl (C=O) groups is 1. The van der Waals surface area contributed by atoms with Gasteiger partial charge in [-0.15, -0.1) is 0 Å². The van der Waals surface area contributed by atoms with Gasteiger partial charge < -0.3 is 11.1 Å². The second-order valence-corrected chi connectivity index (χ2v) is 5.90. The Hall–Kier alpha value is -0.640. The lowest BCUT2D eigenvalue weighted by Gasteiger charge is -2.32. The summed E-state index contributed by atoms with van der Waals surface area (Å²) in [5, 5.41) is 3.14. The Balaban J connectivity index is 2.69. The van der Waals surface area contributed by atoms with Gasteiger partial charge in [0.1, 0.15) is 0 Å². The molecule has 0 saturated heterocycles. The van der Waals surface area contributed by atoms with Crippen LogP contribution in [0, 0.1) is 11.3 Å². The van der Waals surface area contributed by atoms with Crippen molar-refractivity contribution in [2.45, 2.75) is 65.3 Å². The van der Waals surface area contributed by atoms with Crippen molar-refractivity contribution in [1.82, 2.24) is 5.32 Å². The quantitative estimate of drug-likeness (QED) is 0.730. The van der Waals surface area contributed by atoms with Crippen molar-refractivity contribution in [2.24, 2.45) is 17.1 Å². The molecule has 18 heavy (non-hydrogen) atoms. The molecule has 3 N–H and O–H groups in total. The van der Waals surface area contributed by atoms with E-state index in [2.05, 4.69) is 12.2 Å². The van der Waals surface area contributed by atoms with Gasteiger partial charge in [-0.3, -0.25) is 4.79 Å². The summed E-state index contributed by atoms with van der Waals surface area (Å²) >= 11 is 5.11. The summed E-state index contributed by atoms with van der Waals surface area (Å²) in [4.78, 5) is 12.8. The lowest BCUT2D eigenvalue weighted by molar-refractivity contribution is -0.128. The first-order valence-electron chi connectivity index (χ1n) is 7.08. The van der Waals surface area contributed by atoms with Crippen LogP contribution in [0.2, 0.25) is 0 Å². The minimum absolute atomic E-state index is 0.0133. The maximum absolute atomic E-state index is 12.5. The van der Waals surface area contributed by atoms with Crippen LogP contribution >= 0.6 is 12.2 Å². The number of hydrogen-bond acceptors (Lipinski definition) is 2. The first-order valence-corrected chi connectivity index (χ1v) is 7.49. The molecule has 1 aliphatic rings. The van der Waals surface area contributed by atoms with E-state index in [9.17, 15) is 4.79 Å².